The third-order valence-electron chi connectivity index (χ3n) is 5.66. The Kier molecular flexibility index (Phi) is 5.28. The van der Waals surface area contributed by atoms with E-state index in [0.29, 0.717) is 18.5 Å². The number of rotatable bonds is 5. The minimum absolute atomic E-state index is 0.0940. The zero-order valence-electron chi connectivity index (χ0n) is 14.8. The summed E-state index contributed by atoms with van der Waals surface area (Å²) in [5.41, 5.74) is 1.34. The molecular weight excluding hydrogens is 358 g/mol. The summed E-state index contributed by atoms with van der Waals surface area (Å²) in [5, 5.41) is 0. The normalized spacial score (nSPS) is 26.9. The first-order valence-corrected chi connectivity index (χ1v) is 12.4. The predicted octanol–water partition coefficient (Wildman–Crippen LogP) is 2.12. The maximum Gasteiger partial charge on any atom is 0.199 e. The highest BCUT2D eigenvalue weighted by atomic mass is 32.3. The van der Waals surface area contributed by atoms with E-state index in [0.717, 1.165) is 31.5 Å². The minimum atomic E-state index is -3.82. The number of piperidine rings is 1. The van der Waals surface area contributed by atoms with Gasteiger partial charge in [0.2, 0.25) is 0 Å². The van der Waals surface area contributed by atoms with Crippen molar-refractivity contribution in [1.29, 1.82) is 0 Å². The molecule has 0 aliphatic carbocycles. The van der Waals surface area contributed by atoms with Crippen molar-refractivity contribution in [3.8, 4) is 0 Å². The third kappa shape index (κ3) is 3.15. The average molecular weight is 386 g/mol. The number of likely N-dealkylation sites (tertiary alicyclic amines) is 1. The summed E-state index contributed by atoms with van der Waals surface area (Å²) in [6, 6.07) is 7.17. The lowest BCUT2D eigenvalue weighted by Crippen LogP contribution is -2.51. The lowest BCUT2D eigenvalue weighted by Gasteiger charge is -2.39. The van der Waals surface area contributed by atoms with E-state index in [2.05, 4.69) is 4.90 Å². The molecule has 3 rings (SSSR count). The summed E-state index contributed by atoms with van der Waals surface area (Å²) in [5.74, 6) is -0.260. The van der Waals surface area contributed by atoms with Crippen molar-refractivity contribution in [3.63, 3.8) is 0 Å². The first-order chi connectivity index (χ1) is 11.8. The molecule has 2 aliphatic rings. The van der Waals surface area contributed by atoms with Crippen LogP contribution in [0.1, 0.15) is 43.7 Å². The number of hydrogen-bond acceptors (Lipinski definition) is 5. The van der Waals surface area contributed by atoms with Crippen LogP contribution in [0.4, 0.5) is 0 Å². The smallest absolute Gasteiger partial charge is 0.199 e. The molecule has 0 amide bonds. The van der Waals surface area contributed by atoms with E-state index in [1.807, 2.05) is 12.1 Å². The van der Waals surface area contributed by atoms with Crippen LogP contribution < -0.4 is 0 Å². The van der Waals surface area contributed by atoms with Crippen molar-refractivity contribution in [2.24, 2.45) is 0 Å². The molecule has 1 aromatic carbocycles. The number of fused-ring (bicyclic) bond motifs is 1. The number of sulfone groups is 2. The molecule has 25 heavy (non-hydrogen) atoms. The van der Waals surface area contributed by atoms with Gasteiger partial charge >= 0.3 is 0 Å². The zero-order chi connectivity index (χ0) is 18.1. The topological polar surface area (TPSA) is 71.5 Å². The number of benzene rings is 1. The molecule has 0 N–H and O–H groups in total. The molecule has 7 heteroatoms. The Bertz CT molecular complexity index is 826. The van der Waals surface area contributed by atoms with Crippen LogP contribution in [0.15, 0.2) is 24.3 Å². The molecule has 0 radical (unpaired) electrons. The van der Waals surface area contributed by atoms with E-state index in [1.54, 1.807) is 19.1 Å². The molecule has 2 aliphatic heterocycles. The Hall–Kier alpha value is -0.920. The lowest BCUT2D eigenvalue weighted by atomic mass is 9.99. The molecule has 1 aromatic rings. The van der Waals surface area contributed by atoms with Crippen molar-refractivity contribution >= 4 is 19.7 Å². The SMILES string of the molecule is CCS(=O)(=O)C1(CCN2CCCCC2)c2ccccc2CCS1(=O)=O. The van der Waals surface area contributed by atoms with E-state index in [9.17, 15) is 16.8 Å². The zero-order valence-corrected chi connectivity index (χ0v) is 16.4. The molecule has 2 heterocycles. The maximum atomic E-state index is 13.1. The Morgan fingerprint density at radius 3 is 2.48 bits per heavy atom. The fraction of sp³-hybridized carbons (Fsp3) is 0.667. The second-order valence-corrected chi connectivity index (χ2v) is 12.1. The Morgan fingerprint density at radius 2 is 1.80 bits per heavy atom. The Balaban J connectivity index is 2.10. The number of aryl methyl sites for hydroxylation is 1. The summed E-state index contributed by atoms with van der Waals surface area (Å²) >= 11 is 0. The van der Waals surface area contributed by atoms with Crippen molar-refractivity contribution in [2.45, 2.75) is 43.1 Å². The van der Waals surface area contributed by atoms with Crippen LogP contribution in [0.2, 0.25) is 0 Å². The van der Waals surface area contributed by atoms with Gasteiger partial charge in [0.05, 0.1) is 5.75 Å². The van der Waals surface area contributed by atoms with Gasteiger partial charge in [0.25, 0.3) is 0 Å². The fourth-order valence-electron chi connectivity index (χ4n) is 4.21. The van der Waals surface area contributed by atoms with Gasteiger partial charge in [-0.2, -0.15) is 0 Å². The van der Waals surface area contributed by atoms with Crippen molar-refractivity contribution in [1.82, 2.24) is 4.90 Å². The summed E-state index contributed by atoms with van der Waals surface area (Å²) in [6.07, 6.45) is 3.90. The number of nitrogens with zero attached hydrogens (tertiary/aromatic N) is 1. The van der Waals surface area contributed by atoms with Crippen LogP contribution in [0.25, 0.3) is 0 Å². The van der Waals surface area contributed by atoms with Gasteiger partial charge in [0, 0.05) is 12.3 Å². The molecule has 0 bridgehead atoms. The van der Waals surface area contributed by atoms with Gasteiger partial charge in [0.1, 0.15) is 0 Å². The van der Waals surface area contributed by atoms with Gasteiger partial charge in [-0.25, -0.2) is 16.8 Å². The molecular formula is C18H27NO4S2. The van der Waals surface area contributed by atoms with E-state index in [4.69, 9.17) is 0 Å². The van der Waals surface area contributed by atoms with Crippen LogP contribution in [0.5, 0.6) is 0 Å². The summed E-state index contributed by atoms with van der Waals surface area (Å²) < 4.78 is 50.8. The summed E-state index contributed by atoms with van der Waals surface area (Å²) in [7, 11) is -7.60. The summed E-state index contributed by atoms with van der Waals surface area (Å²) in [4.78, 5) is 2.21. The maximum absolute atomic E-state index is 13.1. The van der Waals surface area contributed by atoms with Crippen LogP contribution in [0.3, 0.4) is 0 Å². The Labute approximate surface area is 151 Å². The highest BCUT2D eigenvalue weighted by Crippen LogP contribution is 2.45. The van der Waals surface area contributed by atoms with Gasteiger partial charge in [-0.1, -0.05) is 37.6 Å². The first kappa shape index (κ1) is 18.9. The molecule has 1 unspecified atom stereocenters. The van der Waals surface area contributed by atoms with Crippen molar-refractivity contribution < 1.29 is 16.8 Å². The van der Waals surface area contributed by atoms with E-state index in [1.165, 1.54) is 6.42 Å². The van der Waals surface area contributed by atoms with E-state index in [-0.39, 0.29) is 17.9 Å². The minimum Gasteiger partial charge on any atom is -0.303 e. The molecule has 0 aromatic heterocycles. The molecule has 5 nitrogen and oxygen atoms in total. The van der Waals surface area contributed by atoms with Gasteiger partial charge < -0.3 is 4.90 Å². The van der Waals surface area contributed by atoms with Crippen LogP contribution in [-0.2, 0) is 30.2 Å². The monoisotopic (exact) mass is 385 g/mol. The highest BCUT2D eigenvalue weighted by molar-refractivity contribution is 8.09. The van der Waals surface area contributed by atoms with Crippen LogP contribution in [0, 0.1) is 0 Å². The molecule has 1 fully saturated rings. The number of hydrogen-bond donors (Lipinski definition) is 0. The summed E-state index contributed by atoms with van der Waals surface area (Å²) in [6.45, 7) is 3.89. The first-order valence-electron chi connectivity index (χ1n) is 9.09. The largest absolute Gasteiger partial charge is 0.303 e. The van der Waals surface area contributed by atoms with Gasteiger partial charge in [-0.3, -0.25) is 0 Å². The lowest BCUT2D eigenvalue weighted by molar-refractivity contribution is 0.222. The third-order valence-corrected chi connectivity index (χ3v) is 11.5. The molecule has 0 saturated carbocycles. The van der Waals surface area contributed by atoms with Crippen molar-refractivity contribution in [2.75, 3.05) is 31.1 Å². The second kappa shape index (κ2) is 7.00. The quantitative estimate of drug-likeness (QED) is 0.776. The second-order valence-electron chi connectivity index (χ2n) is 7.03. The van der Waals surface area contributed by atoms with Crippen molar-refractivity contribution in [3.05, 3.63) is 35.4 Å². The fourth-order valence-corrected chi connectivity index (χ4v) is 9.52. The molecule has 1 saturated heterocycles. The Morgan fingerprint density at radius 1 is 1.12 bits per heavy atom. The standard InChI is InChI=1S/C18H27NO4S2/c1-2-24(20,21)18(11-14-19-12-6-3-7-13-19)17-9-5-4-8-16(17)10-15-25(18,22)23/h4-5,8-9H,2-3,6-7,10-15H2,1H3. The average Bonchev–Trinajstić information content (AvgIpc) is 2.61. The van der Waals surface area contributed by atoms with Gasteiger partial charge in [-0.15, -0.1) is 0 Å². The van der Waals surface area contributed by atoms with Gasteiger partial charge in [0.15, 0.2) is 23.8 Å². The molecule has 1 atom stereocenters. The van der Waals surface area contributed by atoms with Crippen LogP contribution in [-0.4, -0.2) is 52.9 Å². The highest BCUT2D eigenvalue weighted by Gasteiger charge is 2.57. The van der Waals surface area contributed by atoms with E-state index >= 15 is 0 Å². The van der Waals surface area contributed by atoms with Gasteiger partial charge in [-0.05, 0) is 49.9 Å². The molecule has 0 spiro atoms. The predicted molar refractivity (Wildman–Crippen MR) is 100.0 cm³/mol. The van der Waals surface area contributed by atoms with E-state index < -0.39 is 23.8 Å². The molecule has 140 valence electrons. The van der Waals surface area contributed by atoms with Crippen LogP contribution >= 0.6 is 0 Å².